The minimum absolute atomic E-state index is 0.0259. The molecule has 0 bridgehead atoms. The second kappa shape index (κ2) is 15.7. The van der Waals surface area contributed by atoms with Crippen molar-refractivity contribution in [2.45, 2.75) is 25.8 Å². The number of rotatable bonds is 13. The number of carbonyl (C=O) groups is 2. The van der Waals surface area contributed by atoms with Gasteiger partial charge in [0, 0.05) is 33.1 Å². The summed E-state index contributed by atoms with van der Waals surface area (Å²) in [7, 11) is 1.63. The van der Waals surface area contributed by atoms with Crippen molar-refractivity contribution < 1.29 is 28.5 Å². The lowest BCUT2D eigenvalue weighted by Crippen LogP contribution is -2.02. The van der Waals surface area contributed by atoms with E-state index in [9.17, 15) is 9.59 Å². The quantitative estimate of drug-likeness (QED) is 0.0871. The molecule has 0 atom stereocenters. The predicted octanol–water partition coefficient (Wildman–Crippen LogP) is 10.8. The average molecular weight is 728 g/mol. The maximum Gasteiger partial charge on any atom is 0.193 e. The van der Waals surface area contributed by atoms with Gasteiger partial charge in [0.1, 0.15) is 41.1 Å². The molecular formula is C43H35BrO6. The third-order valence-electron chi connectivity index (χ3n) is 8.18. The molecule has 0 radical (unpaired) electrons. The van der Waals surface area contributed by atoms with E-state index in [4.69, 9.17) is 18.9 Å². The SMILES string of the molecule is COc1ccc(Oc2ccc(C(=O)c3ccc(COc4ccc(Oc5ccc(C(=O)c6ccc(C)cc6)cc5)c(C)c4)cc3)cc2)c(CBr)c1. The minimum Gasteiger partial charge on any atom is -0.497 e. The van der Waals surface area contributed by atoms with Crippen LogP contribution >= 0.6 is 15.9 Å². The summed E-state index contributed by atoms with van der Waals surface area (Å²) in [4.78, 5) is 26.0. The number of methoxy groups -OCH3 is 1. The molecule has 6 aromatic carbocycles. The molecule has 0 aliphatic carbocycles. The molecule has 0 amide bonds. The lowest BCUT2D eigenvalue weighted by atomic mass is 10.0. The number of halogens is 1. The Balaban J connectivity index is 1.01. The first-order valence-corrected chi connectivity index (χ1v) is 17.2. The van der Waals surface area contributed by atoms with Crippen molar-refractivity contribution in [3.63, 3.8) is 0 Å². The molecule has 0 fully saturated rings. The van der Waals surface area contributed by atoms with Crippen LogP contribution in [0.4, 0.5) is 0 Å². The van der Waals surface area contributed by atoms with Gasteiger partial charge in [0.15, 0.2) is 11.6 Å². The van der Waals surface area contributed by atoms with E-state index >= 15 is 0 Å². The summed E-state index contributed by atoms with van der Waals surface area (Å²) in [5.41, 5.74) is 6.34. The molecule has 0 saturated heterocycles. The van der Waals surface area contributed by atoms with E-state index in [1.54, 1.807) is 55.6 Å². The Bertz CT molecular complexity index is 2100. The Morgan fingerprint density at radius 3 is 1.52 bits per heavy atom. The van der Waals surface area contributed by atoms with E-state index in [1.807, 2.05) is 98.8 Å². The molecule has 0 aliphatic rings. The Kier molecular flexibility index (Phi) is 10.7. The van der Waals surface area contributed by atoms with Crippen LogP contribution in [0.25, 0.3) is 0 Å². The van der Waals surface area contributed by atoms with Crippen molar-refractivity contribution in [1.29, 1.82) is 0 Å². The first kappa shape index (κ1) is 34.2. The zero-order valence-corrected chi connectivity index (χ0v) is 29.5. The fourth-order valence-corrected chi connectivity index (χ4v) is 5.71. The van der Waals surface area contributed by atoms with Gasteiger partial charge in [-0.1, -0.05) is 70.0 Å². The first-order chi connectivity index (χ1) is 24.3. The highest BCUT2D eigenvalue weighted by molar-refractivity contribution is 9.08. The Labute approximate surface area is 300 Å². The molecule has 0 aliphatic heterocycles. The summed E-state index contributed by atoms with van der Waals surface area (Å²) in [6, 6.07) is 40.5. The summed E-state index contributed by atoms with van der Waals surface area (Å²) >= 11 is 3.49. The monoisotopic (exact) mass is 726 g/mol. The van der Waals surface area contributed by atoms with Gasteiger partial charge in [-0.25, -0.2) is 0 Å². The Morgan fingerprint density at radius 1 is 0.540 bits per heavy atom. The lowest BCUT2D eigenvalue weighted by Gasteiger charge is -2.12. The number of ether oxygens (including phenoxy) is 4. The van der Waals surface area contributed by atoms with Crippen LogP contribution in [-0.2, 0) is 11.9 Å². The van der Waals surface area contributed by atoms with Crippen LogP contribution in [0.5, 0.6) is 34.5 Å². The summed E-state index contributed by atoms with van der Waals surface area (Å²) in [5.74, 6) is 4.05. The molecule has 0 heterocycles. The van der Waals surface area contributed by atoms with Crippen LogP contribution in [0.15, 0.2) is 133 Å². The molecule has 0 spiro atoms. The summed E-state index contributed by atoms with van der Waals surface area (Å²) in [6.07, 6.45) is 0. The number of hydrogen-bond donors (Lipinski definition) is 0. The molecule has 0 N–H and O–H groups in total. The van der Waals surface area contributed by atoms with E-state index in [2.05, 4.69) is 15.9 Å². The second-order valence-corrected chi connectivity index (χ2v) is 12.4. The topological polar surface area (TPSA) is 71.1 Å². The van der Waals surface area contributed by atoms with Gasteiger partial charge in [0.05, 0.1) is 7.11 Å². The highest BCUT2D eigenvalue weighted by atomic mass is 79.9. The molecule has 50 heavy (non-hydrogen) atoms. The summed E-state index contributed by atoms with van der Waals surface area (Å²) < 4.78 is 23.5. The number of benzene rings is 6. The van der Waals surface area contributed by atoms with Crippen molar-refractivity contribution in [3.8, 4) is 34.5 Å². The molecule has 7 heteroatoms. The molecule has 0 aromatic heterocycles. The van der Waals surface area contributed by atoms with Crippen LogP contribution in [0.3, 0.4) is 0 Å². The van der Waals surface area contributed by atoms with Crippen LogP contribution < -0.4 is 18.9 Å². The normalized spacial score (nSPS) is 10.7. The zero-order chi connectivity index (χ0) is 35.0. The molecule has 6 rings (SSSR count). The van der Waals surface area contributed by atoms with E-state index in [0.29, 0.717) is 62.9 Å². The van der Waals surface area contributed by atoms with Crippen molar-refractivity contribution in [1.82, 2.24) is 0 Å². The van der Waals surface area contributed by atoms with Crippen molar-refractivity contribution in [2.75, 3.05) is 7.11 Å². The van der Waals surface area contributed by atoms with Crippen LogP contribution in [0.2, 0.25) is 0 Å². The molecule has 0 unspecified atom stereocenters. The van der Waals surface area contributed by atoms with Gasteiger partial charge in [-0.05, 0) is 110 Å². The zero-order valence-electron chi connectivity index (χ0n) is 27.9. The van der Waals surface area contributed by atoms with Crippen molar-refractivity contribution in [3.05, 3.63) is 178 Å². The van der Waals surface area contributed by atoms with Gasteiger partial charge < -0.3 is 18.9 Å². The van der Waals surface area contributed by atoms with Crippen LogP contribution in [0, 0.1) is 13.8 Å². The number of ketones is 2. The van der Waals surface area contributed by atoms with Crippen molar-refractivity contribution in [2.24, 2.45) is 0 Å². The van der Waals surface area contributed by atoms with Gasteiger partial charge >= 0.3 is 0 Å². The van der Waals surface area contributed by atoms with Gasteiger partial charge in [-0.3, -0.25) is 9.59 Å². The Morgan fingerprint density at radius 2 is 1.00 bits per heavy atom. The number of alkyl halides is 1. The molecular weight excluding hydrogens is 692 g/mol. The average Bonchev–Trinajstić information content (AvgIpc) is 3.15. The maximum absolute atomic E-state index is 13.2. The largest absolute Gasteiger partial charge is 0.497 e. The molecule has 6 aromatic rings. The fraction of sp³-hybridized carbons (Fsp3) is 0.116. The highest BCUT2D eigenvalue weighted by Crippen LogP contribution is 2.31. The number of aryl methyl sites for hydroxylation is 2. The maximum atomic E-state index is 13.2. The highest BCUT2D eigenvalue weighted by Gasteiger charge is 2.13. The van der Waals surface area contributed by atoms with Gasteiger partial charge in [0.2, 0.25) is 0 Å². The van der Waals surface area contributed by atoms with Gasteiger partial charge in [-0.15, -0.1) is 0 Å². The molecule has 0 saturated carbocycles. The van der Waals surface area contributed by atoms with Gasteiger partial charge in [-0.2, -0.15) is 0 Å². The lowest BCUT2D eigenvalue weighted by molar-refractivity contribution is 0.103. The van der Waals surface area contributed by atoms with E-state index < -0.39 is 0 Å². The Hall–Kier alpha value is -5.66. The first-order valence-electron chi connectivity index (χ1n) is 16.1. The molecule has 6 nitrogen and oxygen atoms in total. The predicted molar refractivity (Wildman–Crippen MR) is 199 cm³/mol. The second-order valence-electron chi connectivity index (χ2n) is 11.8. The van der Waals surface area contributed by atoms with E-state index in [0.717, 1.165) is 28.0 Å². The van der Waals surface area contributed by atoms with Crippen LogP contribution in [0.1, 0.15) is 54.1 Å². The van der Waals surface area contributed by atoms with Crippen molar-refractivity contribution >= 4 is 27.5 Å². The number of carbonyl (C=O) groups excluding carboxylic acids is 2. The standard InChI is InChI=1S/C43H35BrO6/c1-28-4-8-31(9-5-28)42(45)33-12-16-36(17-13-33)49-40-22-21-39(24-29(40)2)48-27-30-6-10-32(11-7-30)43(46)34-14-18-37(19-15-34)50-41-23-20-38(47-3)25-35(41)26-44/h4-25H,26-27H2,1-3H3. The molecule has 250 valence electrons. The number of hydrogen-bond acceptors (Lipinski definition) is 6. The van der Waals surface area contributed by atoms with Crippen LogP contribution in [-0.4, -0.2) is 18.7 Å². The third-order valence-corrected chi connectivity index (χ3v) is 8.79. The smallest absolute Gasteiger partial charge is 0.193 e. The summed E-state index contributed by atoms with van der Waals surface area (Å²) in [5, 5.41) is 0.620. The minimum atomic E-state index is -0.0756. The third kappa shape index (κ3) is 8.31. The summed E-state index contributed by atoms with van der Waals surface area (Å²) in [6.45, 7) is 4.29. The van der Waals surface area contributed by atoms with Gasteiger partial charge in [0.25, 0.3) is 0 Å². The van der Waals surface area contributed by atoms with E-state index in [-0.39, 0.29) is 11.6 Å². The van der Waals surface area contributed by atoms with E-state index in [1.165, 1.54) is 0 Å². The fourth-order valence-electron chi connectivity index (χ4n) is 5.27.